The lowest BCUT2D eigenvalue weighted by Crippen LogP contribution is -2.55. The van der Waals surface area contributed by atoms with E-state index in [1.54, 1.807) is 12.1 Å². The lowest BCUT2D eigenvalue weighted by atomic mass is 10.1. The second-order valence-corrected chi connectivity index (χ2v) is 13.0. The minimum absolute atomic E-state index is 0.102. The van der Waals surface area contributed by atoms with E-state index in [1.165, 1.54) is 49.5 Å². The van der Waals surface area contributed by atoms with Gasteiger partial charge in [0.05, 0.1) is 24.8 Å². The molecular weight excluding hydrogens is 578 g/mol. The molecule has 0 aliphatic heterocycles. The van der Waals surface area contributed by atoms with Gasteiger partial charge in [-0.1, -0.05) is 48.9 Å². The number of carbonyl (C=O) groups is 2. The largest absolute Gasteiger partial charge is 0.493 e. The quantitative estimate of drug-likeness (QED) is 0.297. The Labute approximate surface area is 253 Å². The number of sulfonamides is 1. The van der Waals surface area contributed by atoms with E-state index < -0.39 is 34.1 Å². The molecule has 3 aromatic rings. The van der Waals surface area contributed by atoms with E-state index in [-0.39, 0.29) is 28.8 Å². The van der Waals surface area contributed by atoms with Crippen LogP contribution in [0.3, 0.4) is 0 Å². The first-order chi connectivity index (χ1) is 19.8. The Hall–Kier alpha value is -3.76. The lowest BCUT2D eigenvalue weighted by Gasteiger charge is -2.34. The zero-order valence-corrected chi connectivity index (χ0v) is 26.3. The zero-order valence-electron chi connectivity index (χ0n) is 24.8. The molecule has 0 aromatic heterocycles. The van der Waals surface area contributed by atoms with Crippen LogP contribution in [0.25, 0.3) is 0 Å². The molecule has 0 radical (unpaired) electrons. The number of anilines is 1. The normalized spacial score (nSPS) is 12.3. The first-order valence-electron chi connectivity index (χ1n) is 13.5. The van der Waals surface area contributed by atoms with Gasteiger partial charge >= 0.3 is 0 Å². The third kappa shape index (κ3) is 8.17. The van der Waals surface area contributed by atoms with E-state index in [1.807, 2.05) is 58.0 Å². The molecule has 0 aliphatic rings. The Balaban J connectivity index is 2.09. The van der Waals surface area contributed by atoms with Crippen molar-refractivity contribution in [1.82, 2.24) is 10.2 Å². The van der Waals surface area contributed by atoms with Crippen molar-refractivity contribution in [2.75, 3.05) is 25.1 Å². The predicted octanol–water partition coefficient (Wildman–Crippen LogP) is 5.27. The molecule has 0 unspecified atom stereocenters. The number of ether oxygens (including phenoxy) is 2. The van der Waals surface area contributed by atoms with Gasteiger partial charge in [0.25, 0.3) is 10.0 Å². The first-order valence-corrected chi connectivity index (χ1v) is 15.3. The number of nitrogens with one attached hydrogen (secondary N) is 1. The number of carbonyl (C=O) groups excluding carboxylic acids is 2. The lowest BCUT2D eigenvalue weighted by molar-refractivity contribution is -0.141. The third-order valence-corrected chi connectivity index (χ3v) is 8.44. The minimum atomic E-state index is -4.30. The van der Waals surface area contributed by atoms with Crippen LogP contribution in [0.1, 0.15) is 39.7 Å². The Kier molecular flexibility index (Phi) is 10.9. The van der Waals surface area contributed by atoms with Gasteiger partial charge in [0.1, 0.15) is 12.6 Å². The van der Waals surface area contributed by atoms with Crippen LogP contribution in [0, 0.1) is 0 Å². The van der Waals surface area contributed by atoms with Crippen LogP contribution in [0.4, 0.5) is 5.69 Å². The summed E-state index contributed by atoms with van der Waals surface area (Å²) in [6.45, 7) is 6.94. The van der Waals surface area contributed by atoms with Gasteiger partial charge in [-0.2, -0.15) is 0 Å². The summed E-state index contributed by atoms with van der Waals surface area (Å²) >= 11 is 6.10. The molecule has 0 aliphatic carbocycles. The third-order valence-electron chi connectivity index (χ3n) is 6.42. The van der Waals surface area contributed by atoms with Crippen LogP contribution in [0.5, 0.6) is 11.5 Å². The summed E-state index contributed by atoms with van der Waals surface area (Å²) < 4.78 is 39.8. The summed E-state index contributed by atoms with van der Waals surface area (Å²) in [6, 6.07) is 18.8. The molecule has 226 valence electrons. The SMILES string of the molecule is CC[C@@H](C(=O)NC(C)(C)C)N(Cc1ccccc1)C(=O)CN(c1ccc(Cl)cc1)S(=O)(=O)c1ccc(OC)c(OC)c1. The Morgan fingerprint density at radius 1 is 0.929 bits per heavy atom. The molecule has 1 N–H and O–H groups in total. The summed E-state index contributed by atoms with van der Waals surface area (Å²) in [5.41, 5.74) is 0.501. The number of benzene rings is 3. The molecule has 42 heavy (non-hydrogen) atoms. The van der Waals surface area contributed by atoms with Crippen molar-refractivity contribution in [2.24, 2.45) is 0 Å². The van der Waals surface area contributed by atoms with Crippen LogP contribution in [0.2, 0.25) is 5.02 Å². The molecule has 0 bridgehead atoms. The smallest absolute Gasteiger partial charge is 0.264 e. The highest BCUT2D eigenvalue weighted by Gasteiger charge is 2.35. The van der Waals surface area contributed by atoms with Crippen molar-refractivity contribution in [2.45, 2.75) is 57.1 Å². The number of halogens is 1. The highest BCUT2D eigenvalue weighted by Crippen LogP contribution is 2.33. The molecular formula is C31H38ClN3O6S. The number of hydrogen-bond donors (Lipinski definition) is 1. The summed E-state index contributed by atoms with van der Waals surface area (Å²) in [5.74, 6) is -0.296. The summed E-state index contributed by atoms with van der Waals surface area (Å²) in [4.78, 5) is 28.9. The van der Waals surface area contributed by atoms with Crippen LogP contribution in [0.15, 0.2) is 77.7 Å². The fraction of sp³-hybridized carbons (Fsp3) is 0.355. The number of amides is 2. The molecule has 11 heteroatoms. The van der Waals surface area contributed by atoms with Crippen molar-refractivity contribution >= 4 is 39.1 Å². The maximum absolute atomic E-state index is 14.1. The highest BCUT2D eigenvalue weighted by atomic mass is 35.5. The standard InChI is InChI=1S/C31H38ClN3O6S/c1-7-26(30(37)33-31(2,3)4)34(20-22-11-9-8-10-12-22)29(36)21-35(24-15-13-23(32)14-16-24)42(38,39)25-17-18-27(40-5)28(19-25)41-6/h8-19,26H,7,20-21H2,1-6H3,(H,33,37)/t26-/m0/s1. The average molecular weight is 616 g/mol. The maximum Gasteiger partial charge on any atom is 0.264 e. The van der Waals surface area contributed by atoms with Crippen molar-refractivity contribution < 1.29 is 27.5 Å². The van der Waals surface area contributed by atoms with Crippen LogP contribution in [-0.4, -0.2) is 57.5 Å². The van der Waals surface area contributed by atoms with Gasteiger partial charge < -0.3 is 19.7 Å². The number of rotatable bonds is 12. The number of nitrogens with zero attached hydrogens (tertiary/aromatic N) is 2. The van der Waals surface area contributed by atoms with Gasteiger partial charge in [-0.15, -0.1) is 0 Å². The first kappa shape index (κ1) is 32.8. The minimum Gasteiger partial charge on any atom is -0.493 e. The Morgan fingerprint density at radius 3 is 2.10 bits per heavy atom. The van der Waals surface area contributed by atoms with Gasteiger partial charge in [0.2, 0.25) is 11.8 Å². The second kappa shape index (κ2) is 13.9. The van der Waals surface area contributed by atoms with Crippen molar-refractivity contribution in [3.05, 3.63) is 83.4 Å². The maximum atomic E-state index is 14.1. The Bertz CT molecular complexity index is 1470. The molecule has 0 spiro atoms. The second-order valence-electron chi connectivity index (χ2n) is 10.7. The summed E-state index contributed by atoms with van der Waals surface area (Å²) in [5, 5.41) is 3.36. The molecule has 9 nitrogen and oxygen atoms in total. The van der Waals surface area contributed by atoms with E-state index in [0.29, 0.717) is 17.2 Å². The van der Waals surface area contributed by atoms with E-state index in [9.17, 15) is 18.0 Å². The molecule has 0 saturated heterocycles. The van der Waals surface area contributed by atoms with E-state index in [0.717, 1.165) is 9.87 Å². The van der Waals surface area contributed by atoms with E-state index >= 15 is 0 Å². The molecule has 0 saturated carbocycles. The predicted molar refractivity (Wildman–Crippen MR) is 164 cm³/mol. The molecule has 0 heterocycles. The molecule has 0 fully saturated rings. The Morgan fingerprint density at radius 2 is 1.55 bits per heavy atom. The summed E-state index contributed by atoms with van der Waals surface area (Å²) in [7, 11) is -1.44. The van der Waals surface area contributed by atoms with Crippen LogP contribution in [-0.2, 0) is 26.2 Å². The summed E-state index contributed by atoms with van der Waals surface area (Å²) in [6.07, 6.45) is 0.323. The van der Waals surface area contributed by atoms with Gasteiger partial charge in [-0.3, -0.25) is 13.9 Å². The fourth-order valence-electron chi connectivity index (χ4n) is 4.39. The average Bonchev–Trinajstić information content (AvgIpc) is 2.95. The van der Waals surface area contributed by atoms with Crippen molar-refractivity contribution in [3.63, 3.8) is 0 Å². The zero-order chi connectivity index (χ0) is 31.1. The monoisotopic (exact) mass is 615 g/mol. The molecule has 2 amide bonds. The fourth-order valence-corrected chi connectivity index (χ4v) is 5.95. The van der Waals surface area contributed by atoms with Crippen molar-refractivity contribution in [3.8, 4) is 11.5 Å². The van der Waals surface area contributed by atoms with Crippen LogP contribution < -0.4 is 19.1 Å². The van der Waals surface area contributed by atoms with Gasteiger partial charge in [-0.05, 0) is 69.2 Å². The van der Waals surface area contributed by atoms with E-state index in [2.05, 4.69) is 5.32 Å². The topological polar surface area (TPSA) is 105 Å². The van der Waals surface area contributed by atoms with Gasteiger partial charge in [0.15, 0.2) is 11.5 Å². The van der Waals surface area contributed by atoms with E-state index in [4.69, 9.17) is 21.1 Å². The van der Waals surface area contributed by atoms with Gasteiger partial charge in [-0.25, -0.2) is 8.42 Å². The number of hydrogen-bond acceptors (Lipinski definition) is 6. The number of methoxy groups -OCH3 is 2. The molecule has 1 atom stereocenters. The molecule has 3 rings (SSSR count). The highest BCUT2D eigenvalue weighted by molar-refractivity contribution is 7.92. The molecule has 3 aromatic carbocycles. The van der Waals surface area contributed by atoms with Crippen molar-refractivity contribution in [1.29, 1.82) is 0 Å². The van der Waals surface area contributed by atoms with Gasteiger partial charge in [0, 0.05) is 23.2 Å². The van der Waals surface area contributed by atoms with Crippen LogP contribution >= 0.6 is 11.6 Å².